The van der Waals surface area contributed by atoms with E-state index < -0.39 is 10.0 Å². The van der Waals surface area contributed by atoms with E-state index in [9.17, 15) is 8.42 Å². The molecule has 0 bridgehead atoms. The van der Waals surface area contributed by atoms with Crippen molar-refractivity contribution in [2.24, 2.45) is 0 Å². The fourth-order valence-electron chi connectivity index (χ4n) is 1.89. The standard InChI is InChI=1S/C16H19N3O3S/c1-5-10-22-15-8-6-14(7-9-15)18(4)23(20,21)16-11-19(12-17-16)13(2)3/h1,6-9,11-13H,10H2,2-4H3. The third-order valence-corrected chi connectivity index (χ3v) is 4.99. The molecule has 0 aliphatic rings. The predicted molar refractivity (Wildman–Crippen MR) is 89.0 cm³/mol. The molecule has 23 heavy (non-hydrogen) atoms. The van der Waals surface area contributed by atoms with Crippen LogP contribution in [0.5, 0.6) is 5.75 Å². The zero-order valence-corrected chi connectivity index (χ0v) is 14.1. The lowest BCUT2D eigenvalue weighted by Crippen LogP contribution is -2.26. The minimum atomic E-state index is -3.71. The molecule has 2 rings (SSSR count). The highest BCUT2D eigenvalue weighted by Crippen LogP contribution is 2.24. The molecule has 0 unspecified atom stereocenters. The smallest absolute Gasteiger partial charge is 0.283 e. The molecule has 0 spiro atoms. The number of sulfonamides is 1. The lowest BCUT2D eigenvalue weighted by molar-refractivity contribution is 0.370. The third kappa shape index (κ3) is 3.66. The van der Waals surface area contributed by atoms with Crippen molar-refractivity contribution in [3.8, 4) is 18.1 Å². The second kappa shape index (κ2) is 6.75. The van der Waals surface area contributed by atoms with Gasteiger partial charge in [0, 0.05) is 19.3 Å². The van der Waals surface area contributed by atoms with Gasteiger partial charge in [-0.15, -0.1) is 6.42 Å². The molecule has 0 fully saturated rings. The van der Waals surface area contributed by atoms with Gasteiger partial charge in [-0.2, -0.15) is 8.42 Å². The van der Waals surface area contributed by atoms with Gasteiger partial charge in [0.2, 0.25) is 0 Å². The largest absolute Gasteiger partial charge is 0.481 e. The quantitative estimate of drug-likeness (QED) is 0.761. The third-order valence-electron chi connectivity index (χ3n) is 3.32. The van der Waals surface area contributed by atoms with Gasteiger partial charge in [-0.05, 0) is 38.1 Å². The van der Waals surface area contributed by atoms with E-state index >= 15 is 0 Å². The highest BCUT2D eigenvalue weighted by atomic mass is 32.2. The van der Waals surface area contributed by atoms with Crippen molar-refractivity contribution in [1.82, 2.24) is 9.55 Å². The summed E-state index contributed by atoms with van der Waals surface area (Å²) >= 11 is 0. The number of benzene rings is 1. The normalized spacial score (nSPS) is 11.3. The zero-order chi connectivity index (χ0) is 17.0. The maximum absolute atomic E-state index is 12.6. The Morgan fingerprint density at radius 2 is 2.00 bits per heavy atom. The number of hydrogen-bond donors (Lipinski definition) is 0. The number of terminal acetylenes is 1. The lowest BCUT2D eigenvalue weighted by Gasteiger charge is -2.18. The molecular weight excluding hydrogens is 314 g/mol. The number of ether oxygens (including phenoxy) is 1. The second-order valence-corrected chi connectivity index (χ2v) is 7.13. The number of imidazole rings is 1. The molecule has 0 amide bonds. The van der Waals surface area contributed by atoms with E-state index in [0.29, 0.717) is 11.4 Å². The monoisotopic (exact) mass is 333 g/mol. The number of anilines is 1. The number of nitrogens with zero attached hydrogens (tertiary/aromatic N) is 3. The van der Waals surface area contributed by atoms with Gasteiger partial charge in [-0.25, -0.2) is 4.98 Å². The topological polar surface area (TPSA) is 64.4 Å². The van der Waals surface area contributed by atoms with E-state index in [4.69, 9.17) is 11.2 Å². The van der Waals surface area contributed by atoms with Crippen molar-refractivity contribution in [2.45, 2.75) is 24.9 Å². The van der Waals surface area contributed by atoms with Crippen LogP contribution in [0.25, 0.3) is 0 Å². The van der Waals surface area contributed by atoms with E-state index in [2.05, 4.69) is 10.9 Å². The fraction of sp³-hybridized carbons (Fsp3) is 0.312. The van der Waals surface area contributed by atoms with Crippen LogP contribution in [0, 0.1) is 12.3 Å². The summed E-state index contributed by atoms with van der Waals surface area (Å²) in [6.45, 7) is 4.08. The van der Waals surface area contributed by atoms with Crippen LogP contribution in [-0.4, -0.2) is 31.6 Å². The summed E-state index contributed by atoms with van der Waals surface area (Å²) in [6.07, 6.45) is 8.17. The molecule has 0 atom stereocenters. The van der Waals surface area contributed by atoms with Crippen molar-refractivity contribution in [3.05, 3.63) is 36.8 Å². The van der Waals surface area contributed by atoms with Gasteiger partial charge >= 0.3 is 0 Å². The maximum Gasteiger partial charge on any atom is 0.283 e. The Balaban J connectivity index is 2.23. The first-order valence-corrected chi connectivity index (χ1v) is 8.49. The average Bonchev–Trinajstić information content (AvgIpc) is 3.03. The van der Waals surface area contributed by atoms with Crippen molar-refractivity contribution < 1.29 is 13.2 Å². The first-order valence-electron chi connectivity index (χ1n) is 7.05. The van der Waals surface area contributed by atoms with Crippen molar-refractivity contribution >= 4 is 15.7 Å². The molecule has 1 aromatic carbocycles. The molecule has 0 aliphatic carbocycles. The van der Waals surface area contributed by atoms with Crippen LogP contribution in [0.15, 0.2) is 41.8 Å². The van der Waals surface area contributed by atoms with Gasteiger partial charge < -0.3 is 9.30 Å². The minimum absolute atomic E-state index is 0.0151. The number of aromatic nitrogens is 2. The van der Waals surface area contributed by atoms with Crippen LogP contribution in [0.3, 0.4) is 0 Å². The molecule has 2 aromatic rings. The Morgan fingerprint density at radius 1 is 1.35 bits per heavy atom. The van der Waals surface area contributed by atoms with E-state index in [1.807, 2.05) is 13.8 Å². The van der Waals surface area contributed by atoms with Crippen LogP contribution in [0.1, 0.15) is 19.9 Å². The summed E-state index contributed by atoms with van der Waals surface area (Å²) in [7, 11) is -2.22. The van der Waals surface area contributed by atoms with Crippen LogP contribution in [-0.2, 0) is 10.0 Å². The summed E-state index contributed by atoms with van der Waals surface area (Å²) in [5, 5.41) is 0.0151. The lowest BCUT2D eigenvalue weighted by atomic mass is 10.3. The number of rotatable bonds is 6. The average molecular weight is 333 g/mol. The summed E-state index contributed by atoms with van der Waals surface area (Å²) in [4.78, 5) is 4.00. The Hall–Kier alpha value is -2.46. The number of hydrogen-bond acceptors (Lipinski definition) is 4. The molecule has 122 valence electrons. The van der Waals surface area contributed by atoms with Gasteiger partial charge in [0.1, 0.15) is 12.4 Å². The molecule has 0 aliphatic heterocycles. The molecule has 0 saturated heterocycles. The molecule has 0 N–H and O–H groups in total. The SMILES string of the molecule is C#CCOc1ccc(N(C)S(=O)(=O)c2cn(C(C)C)cn2)cc1. The molecule has 1 heterocycles. The molecule has 6 nitrogen and oxygen atoms in total. The second-order valence-electron chi connectivity index (χ2n) is 5.21. The van der Waals surface area contributed by atoms with Crippen LogP contribution in [0.4, 0.5) is 5.69 Å². The summed E-state index contributed by atoms with van der Waals surface area (Å²) in [5.41, 5.74) is 0.511. The van der Waals surface area contributed by atoms with E-state index in [1.54, 1.807) is 28.8 Å². The zero-order valence-electron chi connectivity index (χ0n) is 13.3. The molecule has 1 aromatic heterocycles. The highest BCUT2D eigenvalue weighted by molar-refractivity contribution is 7.92. The molecule has 0 radical (unpaired) electrons. The van der Waals surface area contributed by atoms with Gasteiger partial charge in [0.25, 0.3) is 10.0 Å². The first kappa shape index (κ1) is 16.9. The predicted octanol–water partition coefficient (Wildman–Crippen LogP) is 2.30. The van der Waals surface area contributed by atoms with Crippen LogP contribution < -0.4 is 9.04 Å². The van der Waals surface area contributed by atoms with E-state index in [0.717, 1.165) is 0 Å². The van der Waals surface area contributed by atoms with E-state index in [1.165, 1.54) is 23.9 Å². The van der Waals surface area contributed by atoms with E-state index in [-0.39, 0.29) is 17.7 Å². The van der Waals surface area contributed by atoms with Crippen LogP contribution >= 0.6 is 0 Å². The van der Waals surface area contributed by atoms with Gasteiger partial charge in [0.15, 0.2) is 5.03 Å². The fourth-order valence-corrected chi connectivity index (χ4v) is 3.00. The Labute approximate surface area is 136 Å². The van der Waals surface area contributed by atoms with Crippen molar-refractivity contribution in [2.75, 3.05) is 18.0 Å². The Morgan fingerprint density at radius 3 is 2.52 bits per heavy atom. The Kier molecular flexibility index (Phi) is 4.96. The van der Waals surface area contributed by atoms with Gasteiger partial charge in [-0.1, -0.05) is 5.92 Å². The maximum atomic E-state index is 12.6. The molecule has 0 saturated carbocycles. The first-order chi connectivity index (χ1) is 10.9. The van der Waals surface area contributed by atoms with Gasteiger partial charge in [-0.3, -0.25) is 4.31 Å². The molecule has 7 heteroatoms. The van der Waals surface area contributed by atoms with Gasteiger partial charge in [0.05, 0.1) is 12.0 Å². The summed E-state index contributed by atoms with van der Waals surface area (Å²) in [6, 6.07) is 6.80. The minimum Gasteiger partial charge on any atom is -0.481 e. The van der Waals surface area contributed by atoms with Crippen molar-refractivity contribution in [3.63, 3.8) is 0 Å². The summed E-state index contributed by atoms with van der Waals surface area (Å²) in [5.74, 6) is 2.96. The Bertz CT molecular complexity index is 802. The molecular formula is C16H19N3O3S. The highest BCUT2D eigenvalue weighted by Gasteiger charge is 2.24. The van der Waals surface area contributed by atoms with Crippen LogP contribution in [0.2, 0.25) is 0 Å². The van der Waals surface area contributed by atoms with Crippen molar-refractivity contribution in [1.29, 1.82) is 0 Å². The summed E-state index contributed by atoms with van der Waals surface area (Å²) < 4.78 is 33.4.